The van der Waals surface area contributed by atoms with E-state index in [1.807, 2.05) is 14.0 Å². The van der Waals surface area contributed by atoms with Crippen LogP contribution in [0.2, 0.25) is 0 Å². The van der Waals surface area contributed by atoms with Gasteiger partial charge >= 0.3 is 0 Å². The third-order valence-corrected chi connectivity index (χ3v) is 14.2. The van der Waals surface area contributed by atoms with E-state index in [0.29, 0.717) is 34.2 Å². The van der Waals surface area contributed by atoms with Crippen LogP contribution in [-0.2, 0) is 18.9 Å². The second-order valence-corrected chi connectivity index (χ2v) is 15.5. The van der Waals surface area contributed by atoms with Crippen LogP contribution in [0.4, 0.5) is 0 Å². The summed E-state index contributed by atoms with van der Waals surface area (Å²) in [4.78, 5) is 0. The number of fused-ring (bicyclic) bond motifs is 6. The van der Waals surface area contributed by atoms with Gasteiger partial charge in [-0.15, -0.1) is 0 Å². The van der Waals surface area contributed by atoms with Crippen molar-refractivity contribution in [3.05, 3.63) is 0 Å². The molecule has 2 bridgehead atoms. The normalized spacial score (nSPS) is 62.6. The van der Waals surface area contributed by atoms with Crippen molar-refractivity contribution in [1.82, 2.24) is 0 Å². The fourth-order valence-electron chi connectivity index (χ4n) is 12.2. The Kier molecular flexibility index (Phi) is 4.70. The zero-order chi connectivity index (χ0) is 24.8. The smallest absolute Gasteiger partial charge is 0.281 e. The van der Waals surface area contributed by atoms with Gasteiger partial charge in [0.15, 0.2) is 0 Å². The molecule has 5 aliphatic carbocycles. The third-order valence-electron chi connectivity index (χ3n) is 14.2. The van der Waals surface area contributed by atoms with Crippen LogP contribution in [0.15, 0.2) is 0 Å². The van der Waals surface area contributed by atoms with Crippen LogP contribution < -0.4 is 0 Å². The molecule has 13 atom stereocenters. The number of hydrogen-bond donors (Lipinski definition) is 0. The minimum absolute atomic E-state index is 0.194. The molecule has 4 heteroatoms. The predicted octanol–water partition coefficient (Wildman–Crippen LogP) is 6.95. The molecule has 0 aromatic rings. The van der Waals surface area contributed by atoms with E-state index in [0.717, 1.165) is 30.1 Å². The standard InChI is InChI=1S/C31H50O4/c1-18(24-17-29(6)26(2,3)34-30(7,33-24)35-29)21-9-10-22-20-15-25(32-8)31-16-19(31)11-14-28(31,5)23(20)12-13-27(21,22)4/h18-25H,9-17H2,1-8H3/t18-,19-,20-,21+,22-,23-,24+,25+,27+,28+,29-,30+,31-/m0/s1. The molecule has 0 N–H and O–H groups in total. The highest BCUT2D eigenvalue weighted by Gasteiger charge is 2.77. The topological polar surface area (TPSA) is 36.9 Å². The predicted molar refractivity (Wildman–Crippen MR) is 136 cm³/mol. The van der Waals surface area contributed by atoms with Crippen LogP contribution in [0.5, 0.6) is 0 Å². The second kappa shape index (κ2) is 6.88. The highest BCUT2D eigenvalue weighted by molar-refractivity contribution is 5.26. The molecule has 0 aromatic heterocycles. The lowest BCUT2D eigenvalue weighted by Gasteiger charge is -2.61. The number of methoxy groups -OCH3 is 1. The van der Waals surface area contributed by atoms with E-state index in [-0.39, 0.29) is 17.3 Å². The van der Waals surface area contributed by atoms with Gasteiger partial charge in [0.25, 0.3) is 5.97 Å². The maximum Gasteiger partial charge on any atom is 0.281 e. The third kappa shape index (κ3) is 2.74. The first-order valence-corrected chi connectivity index (χ1v) is 14.9. The highest BCUT2D eigenvalue weighted by Crippen LogP contribution is 2.82. The van der Waals surface area contributed by atoms with Crippen molar-refractivity contribution in [3.63, 3.8) is 0 Å². The SMILES string of the molecule is CO[C@@H]1C[C@H]2[C@@H]3CC[C@H]([C@H](C)[C@H]4C[C@]5(C)O[C@](C)(O4)OC5(C)C)[C@@]3(C)CC[C@@H]2[C@@]2(C)CC[C@H]3C[C@]312. The zero-order valence-electron chi connectivity index (χ0n) is 23.6. The molecule has 0 aromatic carbocycles. The lowest BCUT2D eigenvalue weighted by Crippen LogP contribution is -2.57. The number of ether oxygens (including phenoxy) is 4. The van der Waals surface area contributed by atoms with E-state index in [2.05, 4.69) is 41.5 Å². The summed E-state index contributed by atoms with van der Waals surface area (Å²) < 4.78 is 25.7. The summed E-state index contributed by atoms with van der Waals surface area (Å²) in [6, 6.07) is 0. The van der Waals surface area contributed by atoms with Crippen LogP contribution in [0.25, 0.3) is 0 Å². The molecule has 0 radical (unpaired) electrons. The Bertz CT molecular complexity index is 914. The molecule has 4 nitrogen and oxygen atoms in total. The van der Waals surface area contributed by atoms with Gasteiger partial charge in [-0.3, -0.25) is 0 Å². The quantitative estimate of drug-likeness (QED) is 0.432. The van der Waals surface area contributed by atoms with Crippen molar-refractivity contribution in [1.29, 1.82) is 0 Å². The molecule has 198 valence electrons. The summed E-state index contributed by atoms with van der Waals surface area (Å²) >= 11 is 0. The Morgan fingerprint density at radius 2 is 1.63 bits per heavy atom. The fourth-order valence-corrected chi connectivity index (χ4v) is 12.2. The molecule has 7 rings (SSSR count). The summed E-state index contributed by atoms with van der Waals surface area (Å²) in [5.41, 5.74) is 0.828. The molecule has 0 amide bonds. The molecular weight excluding hydrogens is 436 g/mol. The van der Waals surface area contributed by atoms with E-state index in [4.69, 9.17) is 18.9 Å². The van der Waals surface area contributed by atoms with Crippen molar-refractivity contribution in [3.8, 4) is 0 Å². The fraction of sp³-hybridized carbons (Fsp3) is 1.00. The lowest BCUT2D eigenvalue weighted by molar-refractivity contribution is -0.385. The van der Waals surface area contributed by atoms with Crippen molar-refractivity contribution < 1.29 is 18.9 Å². The van der Waals surface area contributed by atoms with Gasteiger partial charge in [-0.2, -0.15) is 0 Å². The van der Waals surface area contributed by atoms with Crippen LogP contribution in [-0.4, -0.2) is 36.5 Å². The van der Waals surface area contributed by atoms with Gasteiger partial charge in [-0.1, -0.05) is 20.8 Å². The van der Waals surface area contributed by atoms with Crippen LogP contribution in [0.3, 0.4) is 0 Å². The Morgan fingerprint density at radius 1 is 0.857 bits per heavy atom. The maximum absolute atomic E-state index is 6.63. The molecule has 1 spiro atoms. The van der Waals surface area contributed by atoms with Gasteiger partial charge in [-0.25, -0.2) is 0 Å². The van der Waals surface area contributed by atoms with Crippen molar-refractivity contribution in [2.75, 3.05) is 7.11 Å². The summed E-state index contributed by atoms with van der Waals surface area (Å²) in [6.45, 7) is 16.4. The first kappa shape index (κ1) is 23.9. The van der Waals surface area contributed by atoms with Gasteiger partial charge in [0.2, 0.25) is 0 Å². The van der Waals surface area contributed by atoms with E-state index in [1.165, 1.54) is 51.4 Å². The van der Waals surface area contributed by atoms with Crippen LogP contribution >= 0.6 is 0 Å². The van der Waals surface area contributed by atoms with E-state index >= 15 is 0 Å². The van der Waals surface area contributed by atoms with Gasteiger partial charge in [0, 0.05) is 25.9 Å². The van der Waals surface area contributed by atoms with Crippen LogP contribution in [0, 0.1) is 51.8 Å². The highest BCUT2D eigenvalue weighted by atomic mass is 16.9. The first-order valence-electron chi connectivity index (χ1n) is 14.9. The Morgan fingerprint density at radius 3 is 2.31 bits per heavy atom. The molecule has 2 heterocycles. The Balaban J connectivity index is 1.15. The summed E-state index contributed by atoms with van der Waals surface area (Å²) in [6.07, 6.45) is 12.9. The lowest BCUT2D eigenvalue weighted by atomic mass is 9.45. The monoisotopic (exact) mass is 486 g/mol. The van der Waals surface area contributed by atoms with Crippen molar-refractivity contribution in [2.24, 2.45) is 51.8 Å². The molecule has 7 fully saturated rings. The van der Waals surface area contributed by atoms with E-state index in [9.17, 15) is 0 Å². The van der Waals surface area contributed by atoms with Gasteiger partial charge < -0.3 is 18.9 Å². The summed E-state index contributed by atoms with van der Waals surface area (Å²) in [5, 5.41) is 0. The minimum atomic E-state index is -0.909. The first-order chi connectivity index (χ1) is 16.3. The summed E-state index contributed by atoms with van der Waals surface area (Å²) in [7, 11) is 2.01. The van der Waals surface area contributed by atoms with Crippen molar-refractivity contribution in [2.45, 2.75) is 136 Å². The second-order valence-electron chi connectivity index (χ2n) is 15.5. The van der Waals surface area contributed by atoms with E-state index in [1.54, 1.807) is 0 Å². The molecular formula is C31H50O4. The minimum Gasteiger partial charge on any atom is -0.381 e. The largest absolute Gasteiger partial charge is 0.381 e. The molecule has 0 unspecified atom stereocenters. The van der Waals surface area contributed by atoms with Crippen LogP contribution in [0.1, 0.15) is 106 Å². The molecule has 35 heavy (non-hydrogen) atoms. The maximum atomic E-state index is 6.63. The molecule has 2 aliphatic heterocycles. The average Bonchev–Trinajstić information content (AvgIpc) is 3.23. The Hall–Kier alpha value is -0.160. The zero-order valence-corrected chi connectivity index (χ0v) is 23.6. The Labute approximate surface area is 213 Å². The molecule has 7 aliphatic rings. The molecule has 2 saturated heterocycles. The number of rotatable bonds is 3. The summed E-state index contributed by atoms with van der Waals surface area (Å²) in [5.74, 6) is 3.88. The van der Waals surface area contributed by atoms with Crippen molar-refractivity contribution >= 4 is 0 Å². The van der Waals surface area contributed by atoms with Gasteiger partial charge in [-0.05, 0) is 118 Å². The average molecular weight is 487 g/mol. The van der Waals surface area contributed by atoms with Gasteiger partial charge in [0.1, 0.15) is 5.60 Å². The van der Waals surface area contributed by atoms with E-state index < -0.39 is 5.97 Å². The number of hydrogen-bond acceptors (Lipinski definition) is 4. The molecule has 5 saturated carbocycles. The van der Waals surface area contributed by atoms with Gasteiger partial charge in [0.05, 0.1) is 17.8 Å².